The third-order valence-corrected chi connectivity index (χ3v) is 4.27. The Bertz CT molecular complexity index is 703. The van der Waals surface area contributed by atoms with Gasteiger partial charge in [0.2, 0.25) is 0 Å². The number of aryl methyl sites for hydroxylation is 1. The molecule has 1 saturated heterocycles. The van der Waals surface area contributed by atoms with Crippen LogP contribution in [0.15, 0.2) is 36.7 Å². The largest absolute Gasteiger partial charge is 0.493 e. The van der Waals surface area contributed by atoms with E-state index in [1.165, 1.54) is 12.4 Å². The number of nitrogens with zero attached hydrogens (tertiary/aromatic N) is 3. The molecule has 1 aromatic heterocycles. The molecule has 1 atom stereocenters. The minimum Gasteiger partial charge on any atom is -0.493 e. The number of hydrogen-bond acceptors (Lipinski definition) is 5. The third kappa shape index (κ3) is 3.82. The molecule has 6 heteroatoms. The number of hydrogen-bond donors (Lipinski definition) is 1. The van der Waals surface area contributed by atoms with E-state index in [2.05, 4.69) is 14.9 Å². The predicted molar refractivity (Wildman–Crippen MR) is 90.6 cm³/mol. The number of carbonyl (C=O) groups is 1. The van der Waals surface area contributed by atoms with Crippen molar-refractivity contribution in [1.82, 2.24) is 9.97 Å². The Morgan fingerprint density at radius 1 is 1.33 bits per heavy atom. The fourth-order valence-corrected chi connectivity index (χ4v) is 2.93. The lowest BCUT2D eigenvalue weighted by molar-refractivity contribution is 0.0690. The Morgan fingerprint density at radius 3 is 2.88 bits per heavy atom. The van der Waals surface area contributed by atoms with Crippen LogP contribution in [0.5, 0.6) is 5.75 Å². The van der Waals surface area contributed by atoms with E-state index in [9.17, 15) is 4.79 Å². The van der Waals surface area contributed by atoms with Crippen LogP contribution in [0, 0.1) is 12.8 Å². The zero-order chi connectivity index (χ0) is 16.9. The number of aromatic carboxylic acids is 1. The van der Waals surface area contributed by atoms with Crippen molar-refractivity contribution in [2.75, 3.05) is 24.6 Å². The first-order valence-electron chi connectivity index (χ1n) is 8.12. The molecule has 0 amide bonds. The minimum atomic E-state index is -1.06. The topological polar surface area (TPSA) is 75.5 Å². The highest BCUT2D eigenvalue weighted by atomic mass is 16.5. The summed E-state index contributed by atoms with van der Waals surface area (Å²) in [7, 11) is 0. The van der Waals surface area contributed by atoms with Gasteiger partial charge in [0.25, 0.3) is 0 Å². The van der Waals surface area contributed by atoms with E-state index in [4.69, 9.17) is 9.84 Å². The average molecular weight is 327 g/mol. The maximum absolute atomic E-state index is 10.9. The van der Waals surface area contributed by atoms with Gasteiger partial charge in [-0.15, -0.1) is 0 Å². The van der Waals surface area contributed by atoms with Crippen molar-refractivity contribution in [2.24, 2.45) is 5.92 Å². The van der Waals surface area contributed by atoms with Gasteiger partial charge in [0.15, 0.2) is 5.69 Å². The first-order valence-corrected chi connectivity index (χ1v) is 8.12. The normalized spacial score (nSPS) is 17.5. The van der Waals surface area contributed by atoms with E-state index in [0.29, 0.717) is 12.5 Å². The summed E-state index contributed by atoms with van der Waals surface area (Å²) in [6.07, 6.45) is 5.02. The monoisotopic (exact) mass is 327 g/mol. The molecule has 0 spiro atoms. The van der Waals surface area contributed by atoms with E-state index in [-0.39, 0.29) is 5.69 Å². The van der Waals surface area contributed by atoms with Gasteiger partial charge in [0, 0.05) is 19.0 Å². The molecule has 24 heavy (non-hydrogen) atoms. The zero-order valence-corrected chi connectivity index (χ0v) is 13.7. The number of rotatable bonds is 5. The Kier molecular flexibility index (Phi) is 4.93. The minimum absolute atomic E-state index is 0.0322. The molecule has 2 aromatic rings. The van der Waals surface area contributed by atoms with Crippen LogP contribution in [0.1, 0.15) is 28.9 Å². The molecule has 3 rings (SSSR count). The van der Waals surface area contributed by atoms with Gasteiger partial charge in [-0.25, -0.2) is 14.8 Å². The summed E-state index contributed by atoms with van der Waals surface area (Å²) in [5, 5.41) is 8.90. The first-order chi connectivity index (χ1) is 11.6. The lowest BCUT2D eigenvalue weighted by Gasteiger charge is -2.33. The standard InChI is InChI=1S/C18H21N3O3/c1-13-5-2-3-7-16(13)24-12-14-6-4-8-21(11-14)17-10-19-15(9-20-17)18(22)23/h2-3,5,7,9-10,14H,4,6,8,11-12H2,1H3,(H,22,23). The van der Waals surface area contributed by atoms with Gasteiger partial charge in [-0.2, -0.15) is 0 Å². The number of piperidine rings is 1. The van der Waals surface area contributed by atoms with E-state index >= 15 is 0 Å². The van der Waals surface area contributed by atoms with Crippen molar-refractivity contribution in [3.05, 3.63) is 47.9 Å². The molecule has 0 saturated carbocycles. The van der Waals surface area contributed by atoms with Crippen molar-refractivity contribution < 1.29 is 14.6 Å². The molecule has 0 radical (unpaired) electrons. The average Bonchev–Trinajstić information content (AvgIpc) is 2.61. The Labute approximate surface area is 141 Å². The maximum Gasteiger partial charge on any atom is 0.356 e. The van der Waals surface area contributed by atoms with Crippen LogP contribution in [0.4, 0.5) is 5.82 Å². The molecule has 6 nitrogen and oxygen atoms in total. The summed E-state index contributed by atoms with van der Waals surface area (Å²) < 4.78 is 5.97. The molecular weight excluding hydrogens is 306 g/mol. The Hall–Kier alpha value is -2.63. The molecule has 1 aliphatic heterocycles. The molecular formula is C18H21N3O3. The number of carboxylic acids is 1. The second-order valence-corrected chi connectivity index (χ2v) is 6.10. The molecule has 1 aromatic carbocycles. The molecule has 1 unspecified atom stereocenters. The van der Waals surface area contributed by atoms with Crippen LogP contribution in [0.3, 0.4) is 0 Å². The summed E-state index contributed by atoms with van der Waals surface area (Å²) in [5.74, 6) is 1.01. The Morgan fingerprint density at radius 2 is 2.17 bits per heavy atom. The SMILES string of the molecule is Cc1ccccc1OCC1CCCN(c2cnc(C(=O)O)cn2)C1. The number of ether oxygens (including phenoxy) is 1. The highest BCUT2D eigenvalue weighted by Crippen LogP contribution is 2.23. The molecule has 1 fully saturated rings. The second-order valence-electron chi connectivity index (χ2n) is 6.10. The number of aromatic nitrogens is 2. The van der Waals surface area contributed by atoms with E-state index in [0.717, 1.165) is 43.1 Å². The number of carboxylic acid groups (broad SMARTS) is 1. The van der Waals surface area contributed by atoms with Crippen LogP contribution >= 0.6 is 0 Å². The van der Waals surface area contributed by atoms with Gasteiger partial charge in [-0.1, -0.05) is 18.2 Å². The van der Waals surface area contributed by atoms with E-state index in [1.54, 1.807) is 0 Å². The fraction of sp³-hybridized carbons (Fsp3) is 0.389. The summed E-state index contributed by atoms with van der Waals surface area (Å²) >= 11 is 0. The highest BCUT2D eigenvalue weighted by Gasteiger charge is 2.22. The third-order valence-electron chi connectivity index (χ3n) is 4.27. The van der Waals surface area contributed by atoms with Crippen LogP contribution in [-0.4, -0.2) is 40.7 Å². The summed E-state index contributed by atoms with van der Waals surface area (Å²) in [4.78, 5) is 21.2. The summed E-state index contributed by atoms with van der Waals surface area (Å²) in [6, 6.07) is 8.02. The fourth-order valence-electron chi connectivity index (χ4n) is 2.93. The smallest absolute Gasteiger partial charge is 0.356 e. The molecule has 0 bridgehead atoms. The first kappa shape index (κ1) is 16.2. The Balaban J connectivity index is 1.60. The number of anilines is 1. The van der Waals surface area contributed by atoms with Crippen LogP contribution in [0.25, 0.3) is 0 Å². The molecule has 2 heterocycles. The summed E-state index contributed by atoms with van der Waals surface area (Å²) in [6.45, 7) is 4.46. The van der Waals surface area contributed by atoms with Crippen LogP contribution < -0.4 is 9.64 Å². The van der Waals surface area contributed by atoms with Crippen molar-refractivity contribution in [3.63, 3.8) is 0 Å². The second kappa shape index (κ2) is 7.29. The van der Waals surface area contributed by atoms with Gasteiger partial charge in [-0.05, 0) is 31.4 Å². The highest BCUT2D eigenvalue weighted by molar-refractivity contribution is 5.84. The molecule has 0 aliphatic carbocycles. The summed E-state index contributed by atoms with van der Waals surface area (Å²) in [5.41, 5.74) is 1.11. The number of para-hydroxylation sites is 1. The van der Waals surface area contributed by atoms with Crippen LogP contribution in [-0.2, 0) is 0 Å². The van der Waals surface area contributed by atoms with Gasteiger partial charge in [0.1, 0.15) is 11.6 Å². The lowest BCUT2D eigenvalue weighted by Crippen LogP contribution is -2.38. The van der Waals surface area contributed by atoms with Crippen molar-refractivity contribution in [1.29, 1.82) is 0 Å². The van der Waals surface area contributed by atoms with E-state index < -0.39 is 5.97 Å². The van der Waals surface area contributed by atoms with Gasteiger partial charge in [0.05, 0.1) is 19.0 Å². The van der Waals surface area contributed by atoms with Gasteiger partial charge in [-0.3, -0.25) is 0 Å². The van der Waals surface area contributed by atoms with Crippen molar-refractivity contribution in [3.8, 4) is 5.75 Å². The quantitative estimate of drug-likeness (QED) is 0.910. The zero-order valence-electron chi connectivity index (χ0n) is 13.7. The predicted octanol–water partition coefficient (Wildman–Crippen LogP) is 2.78. The molecule has 1 aliphatic rings. The maximum atomic E-state index is 10.9. The van der Waals surface area contributed by atoms with Crippen molar-refractivity contribution >= 4 is 11.8 Å². The van der Waals surface area contributed by atoms with Gasteiger partial charge >= 0.3 is 5.97 Å². The van der Waals surface area contributed by atoms with E-state index in [1.807, 2.05) is 31.2 Å². The molecule has 1 N–H and O–H groups in total. The van der Waals surface area contributed by atoms with Crippen molar-refractivity contribution in [2.45, 2.75) is 19.8 Å². The lowest BCUT2D eigenvalue weighted by atomic mass is 9.99. The van der Waals surface area contributed by atoms with Crippen LogP contribution in [0.2, 0.25) is 0 Å². The van der Waals surface area contributed by atoms with Gasteiger partial charge < -0.3 is 14.7 Å². The number of benzene rings is 1. The molecule has 126 valence electrons.